The van der Waals surface area contributed by atoms with E-state index in [1.54, 1.807) is 6.07 Å². The molecule has 1 N–H and O–H groups in total. The van der Waals surface area contributed by atoms with E-state index in [4.69, 9.17) is 18.6 Å². The molecule has 0 unspecified atom stereocenters. The van der Waals surface area contributed by atoms with Crippen LogP contribution in [0.25, 0.3) is 11.1 Å². The number of hydrogen-bond donors (Lipinski definition) is 1. The maximum atomic E-state index is 13.6. The zero-order valence-electron chi connectivity index (χ0n) is 26.1. The lowest BCUT2D eigenvalue weighted by molar-refractivity contribution is -0.131. The summed E-state index contributed by atoms with van der Waals surface area (Å²) in [6.07, 6.45) is -0.163. The summed E-state index contributed by atoms with van der Waals surface area (Å²) in [7, 11) is 0. The highest BCUT2D eigenvalue weighted by Crippen LogP contribution is 2.33. The molecule has 9 heteroatoms. The number of Topliss-reactive ketones (excluding diaryl/α,β-unsaturated/α-hetero) is 1. The summed E-state index contributed by atoms with van der Waals surface area (Å²) in [6, 6.07) is 27.8. The monoisotopic (exact) mass is 625 g/mol. The number of cyclic esters (lactones) is 1. The fraction of sp³-hybridized carbons (Fsp3) is 0.324. The maximum Gasteiger partial charge on any atom is 0.417 e. The first kappa shape index (κ1) is 32.8. The van der Waals surface area contributed by atoms with Crippen molar-refractivity contribution in [3.63, 3.8) is 0 Å². The summed E-state index contributed by atoms with van der Waals surface area (Å²) in [5.41, 5.74) is 4.46. The molecule has 1 aliphatic rings. The number of carbonyl (C=O) groups excluding carboxylic acids is 3. The van der Waals surface area contributed by atoms with Gasteiger partial charge in [0.15, 0.2) is 5.76 Å². The smallest absolute Gasteiger partial charge is 0.417 e. The molecule has 5 rings (SSSR count). The Hall–Kier alpha value is -4.57. The summed E-state index contributed by atoms with van der Waals surface area (Å²) >= 11 is 0. The predicted molar refractivity (Wildman–Crippen MR) is 171 cm³/mol. The molecule has 1 aromatic heterocycles. The number of aliphatic hydroxyl groups excluding tert-OH is 1. The third-order valence-electron chi connectivity index (χ3n) is 7.97. The summed E-state index contributed by atoms with van der Waals surface area (Å²) in [6.45, 7) is 4.33. The molecular weight excluding hydrogens is 586 g/mol. The Morgan fingerprint density at radius 3 is 2.46 bits per heavy atom. The van der Waals surface area contributed by atoms with Crippen LogP contribution in [-0.2, 0) is 32.0 Å². The Balaban J connectivity index is 1.24. The number of nitrogens with zero attached hydrogens (tertiary/aromatic N) is 1. The first-order valence-corrected chi connectivity index (χ1v) is 15.5. The zero-order chi connectivity index (χ0) is 32.5. The lowest BCUT2D eigenvalue weighted by atomic mass is 9.98. The third-order valence-corrected chi connectivity index (χ3v) is 7.97. The van der Waals surface area contributed by atoms with E-state index in [0.29, 0.717) is 31.8 Å². The molecule has 1 saturated heterocycles. The molecule has 4 aromatic rings. The van der Waals surface area contributed by atoms with Crippen LogP contribution in [0, 0.1) is 12.8 Å². The van der Waals surface area contributed by atoms with Gasteiger partial charge in [-0.3, -0.25) is 9.59 Å². The van der Waals surface area contributed by atoms with Crippen LogP contribution in [0.5, 0.6) is 0 Å². The second-order valence-electron chi connectivity index (χ2n) is 11.4. The van der Waals surface area contributed by atoms with E-state index in [1.807, 2.05) is 91.9 Å². The Bertz CT molecular complexity index is 1620. The lowest BCUT2D eigenvalue weighted by Gasteiger charge is -2.22. The van der Waals surface area contributed by atoms with Crippen molar-refractivity contribution in [3.05, 3.63) is 119 Å². The second kappa shape index (κ2) is 15.6. The molecular formula is C37H39NO8. The SMILES string of the molecule is Cc1cccc(-c2cc(C(=O)[C@H](C)C(=O)N3C(=O)OC[C@@H]3c3ccccc3)oc2CCCOC[C@@H](CO)OCc2ccccc2)c1. The van der Waals surface area contributed by atoms with Crippen molar-refractivity contribution in [3.8, 4) is 11.1 Å². The van der Waals surface area contributed by atoms with Crippen LogP contribution >= 0.6 is 0 Å². The molecule has 0 saturated carbocycles. The molecule has 240 valence electrons. The van der Waals surface area contributed by atoms with E-state index in [0.717, 1.165) is 32.7 Å². The summed E-state index contributed by atoms with van der Waals surface area (Å²) < 4.78 is 22.9. The quantitative estimate of drug-likeness (QED) is 0.0927. The minimum absolute atomic E-state index is 0.0260. The second-order valence-corrected chi connectivity index (χ2v) is 11.4. The lowest BCUT2D eigenvalue weighted by Crippen LogP contribution is -2.40. The zero-order valence-corrected chi connectivity index (χ0v) is 26.1. The maximum absolute atomic E-state index is 13.6. The van der Waals surface area contributed by atoms with E-state index < -0.39 is 35.8 Å². The highest BCUT2D eigenvalue weighted by molar-refractivity contribution is 6.12. The number of aryl methyl sites for hydroxylation is 2. The highest BCUT2D eigenvalue weighted by Gasteiger charge is 2.43. The van der Waals surface area contributed by atoms with Crippen LogP contribution in [0.3, 0.4) is 0 Å². The largest absolute Gasteiger partial charge is 0.457 e. The topological polar surface area (TPSA) is 116 Å². The van der Waals surface area contributed by atoms with Crippen LogP contribution in [-0.4, -0.2) is 60.3 Å². The average molecular weight is 626 g/mol. The van der Waals surface area contributed by atoms with Crippen LogP contribution < -0.4 is 0 Å². The number of rotatable bonds is 15. The van der Waals surface area contributed by atoms with Gasteiger partial charge in [0.2, 0.25) is 11.7 Å². The molecule has 2 heterocycles. The molecule has 2 amide bonds. The Morgan fingerprint density at radius 2 is 1.74 bits per heavy atom. The minimum atomic E-state index is -1.17. The van der Waals surface area contributed by atoms with Crippen molar-refractivity contribution < 1.29 is 38.1 Å². The van der Waals surface area contributed by atoms with E-state index >= 15 is 0 Å². The molecule has 3 aromatic carbocycles. The van der Waals surface area contributed by atoms with E-state index in [-0.39, 0.29) is 25.6 Å². The molecule has 46 heavy (non-hydrogen) atoms. The number of benzene rings is 3. The third kappa shape index (κ3) is 7.98. The van der Waals surface area contributed by atoms with Crippen molar-refractivity contribution in [2.75, 3.05) is 26.4 Å². The number of aliphatic hydroxyl groups is 1. The number of amides is 2. The number of ether oxygens (including phenoxy) is 3. The molecule has 0 radical (unpaired) electrons. The first-order chi connectivity index (χ1) is 22.4. The Kier molecular flexibility index (Phi) is 11.1. The minimum Gasteiger partial charge on any atom is -0.457 e. The van der Waals surface area contributed by atoms with Gasteiger partial charge in [-0.2, -0.15) is 0 Å². The Morgan fingerprint density at radius 1 is 1.00 bits per heavy atom. The average Bonchev–Trinajstić information content (AvgIpc) is 3.69. The van der Waals surface area contributed by atoms with E-state index in [1.165, 1.54) is 6.92 Å². The van der Waals surface area contributed by atoms with Gasteiger partial charge in [0.05, 0.1) is 19.8 Å². The fourth-order valence-electron chi connectivity index (χ4n) is 5.40. The van der Waals surface area contributed by atoms with Gasteiger partial charge in [-0.25, -0.2) is 9.69 Å². The number of imide groups is 1. The molecule has 0 spiro atoms. The number of ketones is 1. The van der Waals surface area contributed by atoms with E-state index in [9.17, 15) is 19.5 Å². The van der Waals surface area contributed by atoms with Gasteiger partial charge in [0.1, 0.15) is 30.4 Å². The molecule has 1 aliphatic heterocycles. The number of furan rings is 1. The predicted octanol–water partition coefficient (Wildman–Crippen LogP) is 6.32. The van der Waals surface area contributed by atoms with Crippen LogP contribution in [0.2, 0.25) is 0 Å². The fourth-order valence-corrected chi connectivity index (χ4v) is 5.40. The van der Waals surface area contributed by atoms with Crippen molar-refractivity contribution in [1.29, 1.82) is 0 Å². The van der Waals surface area contributed by atoms with E-state index in [2.05, 4.69) is 0 Å². The van der Waals surface area contributed by atoms with Crippen LogP contribution in [0.1, 0.15) is 52.4 Å². The molecule has 3 atom stereocenters. The van der Waals surface area contributed by atoms with Gasteiger partial charge in [-0.1, -0.05) is 90.5 Å². The summed E-state index contributed by atoms with van der Waals surface area (Å²) in [5, 5.41) is 9.71. The van der Waals surface area contributed by atoms with Crippen LogP contribution in [0.4, 0.5) is 4.79 Å². The summed E-state index contributed by atoms with van der Waals surface area (Å²) in [4.78, 5) is 40.8. The van der Waals surface area contributed by atoms with Gasteiger partial charge < -0.3 is 23.7 Å². The first-order valence-electron chi connectivity index (χ1n) is 15.5. The van der Waals surface area contributed by atoms with Crippen molar-refractivity contribution in [1.82, 2.24) is 4.90 Å². The molecule has 9 nitrogen and oxygen atoms in total. The van der Waals surface area contributed by atoms with Gasteiger partial charge in [0, 0.05) is 18.6 Å². The van der Waals surface area contributed by atoms with Crippen LogP contribution in [0.15, 0.2) is 95.4 Å². The molecule has 0 bridgehead atoms. The molecule has 0 aliphatic carbocycles. The number of hydrogen-bond acceptors (Lipinski definition) is 8. The summed E-state index contributed by atoms with van der Waals surface area (Å²) in [5.74, 6) is -1.69. The standard InChI is InChI=1S/C37H39NO8/c1-25-11-9-16-29(19-25)31-20-34(35(40)26(2)36(41)38-32(24-45-37(38)42)28-14-7-4-8-15-28)46-33(31)17-10-18-43-23-30(21-39)44-22-27-12-5-3-6-13-27/h3-9,11-16,19-20,26,30,32,39H,10,17-18,21-24H2,1-2H3/t26-,30+,32+/m0/s1. The van der Waals surface area contributed by atoms with Crippen molar-refractivity contribution >= 4 is 17.8 Å². The number of carbonyl (C=O) groups is 3. The van der Waals surface area contributed by atoms with Gasteiger partial charge in [0.25, 0.3) is 0 Å². The highest BCUT2D eigenvalue weighted by atomic mass is 16.6. The molecule has 1 fully saturated rings. The Labute approximate surface area is 268 Å². The van der Waals surface area contributed by atoms with Gasteiger partial charge >= 0.3 is 6.09 Å². The van der Waals surface area contributed by atoms with Gasteiger partial charge in [-0.15, -0.1) is 0 Å². The normalized spacial score (nSPS) is 15.8. The van der Waals surface area contributed by atoms with Gasteiger partial charge in [-0.05, 0) is 43.0 Å². The van der Waals surface area contributed by atoms with Crippen molar-refractivity contribution in [2.24, 2.45) is 5.92 Å². The van der Waals surface area contributed by atoms with Crippen molar-refractivity contribution in [2.45, 2.75) is 45.4 Å².